The van der Waals surface area contributed by atoms with Crippen LogP contribution in [0.2, 0.25) is 0 Å². The second kappa shape index (κ2) is 10.2. The predicted molar refractivity (Wildman–Crippen MR) is 154 cm³/mol. The third kappa shape index (κ3) is 4.30. The number of halogens is 1. The number of amides is 1. The largest absolute Gasteiger partial charge is 0.496 e. The van der Waals surface area contributed by atoms with Crippen LogP contribution in [0, 0.1) is 3.57 Å². The molecule has 0 aliphatic rings. The number of aromatic nitrogens is 1. The first kappa shape index (κ1) is 24.2. The van der Waals surface area contributed by atoms with Crippen molar-refractivity contribution < 1.29 is 14.3 Å². The fourth-order valence-corrected chi connectivity index (χ4v) is 5.56. The molecule has 0 atom stereocenters. The molecule has 0 aliphatic carbocycles. The van der Waals surface area contributed by atoms with E-state index in [2.05, 4.69) is 69.6 Å². The van der Waals surface area contributed by atoms with E-state index in [4.69, 9.17) is 9.47 Å². The van der Waals surface area contributed by atoms with Gasteiger partial charge in [-0.15, -0.1) is 0 Å². The maximum atomic E-state index is 12.8. The van der Waals surface area contributed by atoms with E-state index in [0.717, 1.165) is 48.1 Å². The summed E-state index contributed by atoms with van der Waals surface area (Å²) < 4.78 is 15.3. The number of rotatable bonds is 7. The lowest BCUT2D eigenvalue weighted by molar-refractivity contribution is -0.116. The summed E-state index contributed by atoms with van der Waals surface area (Å²) >= 11 is 2.27. The van der Waals surface area contributed by atoms with Gasteiger partial charge in [0.2, 0.25) is 5.91 Å². The van der Waals surface area contributed by atoms with Crippen LogP contribution in [0.4, 0.5) is 5.69 Å². The van der Waals surface area contributed by atoms with Crippen molar-refractivity contribution in [3.05, 3.63) is 99.6 Å². The smallest absolute Gasteiger partial charge is 0.224 e. The highest BCUT2D eigenvalue weighted by Crippen LogP contribution is 2.44. The molecule has 0 unspecified atom stereocenters. The molecule has 0 saturated carbocycles. The number of hydrogen-bond acceptors (Lipinski definition) is 3. The van der Waals surface area contributed by atoms with Crippen molar-refractivity contribution in [2.24, 2.45) is 0 Å². The van der Waals surface area contributed by atoms with Crippen molar-refractivity contribution in [2.45, 2.75) is 20.0 Å². The Morgan fingerprint density at radius 2 is 1.61 bits per heavy atom. The van der Waals surface area contributed by atoms with Gasteiger partial charge in [-0.1, -0.05) is 60.7 Å². The highest BCUT2D eigenvalue weighted by atomic mass is 127. The zero-order valence-corrected chi connectivity index (χ0v) is 22.7. The molecule has 4 aromatic carbocycles. The van der Waals surface area contributed by atoms with Gasteiger partial charge in [-0.2, -0.15) is 0 Å². The number of fused-ring (bicyclic) bond motifs is 3. The summed E-state index contributed by atoms with van der Waals surface area (Å²) in [5.41, 5.74) is 5.04. The van der Waals surface area contributed by atoms with E-state index < -0.39 is 0 Å². The molecule has 1 heterocycles. The molecule has 0 N–H and O–H groups in total. The minimum atomic E-state index is -0.0354. The van der Waals surface area contributed by atoms with Gasteiger partial charge in [0.15, 0.2) is 0 Å². The van der Waals surface area contributed by atoms with Crippen molar-refractivity contribution in [2.75, 3.05) is 19.1 Å². The lowest BCUT2D eigenvalue weighted by atomic mass is 10.1. The highest BCUT2D eigenvalue weighted by molar-refractivity contribution is 14.1. The van der Waals surface area contributed by atoms with Gasteiger partial charge in [-0.25, -0.2) is 0 Å². The number of methoxy groups -OCH3 is 2. The number of benzene rings is 4. The molecule has 6 heteroatoms. The second-order valence-corrected chi connectivity index (χ2v) is 9.80. The number of ether oxygens (including phenoxy) is 2. The number of carbonyl (C=O) groups is 1. The predicted octanol–water partition coefficient (Wildman–Crippen LogP) is 7.02. The summed E-state index contributed by atoms with van der Waals surface area (Å²) in [7, 11) is 3.39. The molecular formula is C30H27IN2O3. The van der Waals surface area contributed by atoms with Crippen molar-refractivity contribution in [3.63, 3.8) is 0 Å². The van der Waals surface area contributed by atoms with Gasteiger partial charge in [-0.05, 0) is 52.4 Å². The SMILES string of the molecule is COc1c(CN(C(C)=O)c2ccccc2I)cc(OC)c2c1c1ccccc1n2Cc1ccccc1. The average Bonchev–Trinajstić information content (AvgIpc) is 3.22. The summed E-state index contributed by atoms with van der Waals surface area (Å²) in [6.07, 6.45) is 0. The minimum absolute atomic E-state index is 0.0354. The summed E-state index contributed by atoms with van der Waals surface area (Å²) in [5.74, 6) is 1.47. The Balaban J connectivity index is 1.75. The van der Waals surface area contributed by atoms with Crippen LogP contribution in [0.5, 0.6) is 11.5 Å². The topological polar surface area (TPSA) is 43.7 Å². The van der Waals surface area contributed by atoms with Crippen LogP contribution in [-0.2, 0) is 17.9 Å². The van der Waals surface area contributed by atoms with E-state index >= 15 is 0 Å². The molecule has 0 radical (unpaired) electrons. The zero-order valence-electron chi connectivity index (χ0n) is 20.5. The third-order valence-corrected chi connectivity index (χ3v) is 7.40. The molecule has 5 aromatic rings. The zero-order chi connectivity index (χ0) is 25.2. The first-order valence-corrected chi connectivity index (χ1v) is 12.8. The van der Waals surface area contributed by atoms with Gasteiger partial charge in [0.1, 0.15) is 11.5 Å². The maximum Gasteiger partial charge on any atom is 0.224 e. The van der Waals surface area contributed by atoms with E-state index in [1.54, 1.807) is 26.0 Å². The summed E-state index contributed by atoms with van der Waals surface area (Å²) in [5, 5.41) is 2.08. The van der Waals surface area contributed by atoms with Gasteiger partial charge in [-0.3, -0.25) is 4.79 Å². The molecule has 0 bridgehead atoms. The van der Waals surface area contributed by atoms with Gasteiger partial charge < -0.3 is 18.9 Å². The fourth-order valence-electron chi connectivity index (χ4n) is 4.89. The van der Waals surface area contributed by atoms with Crippen LogP contribution >= 0.6 is 22.6 Å². The van der Waals surface area contributed by atoms with E-state index in [9.17, 15) is 4.79 Å². The Labute approximate surface area is 224 Å². The Kier molecular flexibility index (Phi) is 6.87. The Hall–Kier alpha value is -3.52. The second-order valence-electron chi connectivity index (χ2n) is 8.64. The normalized spacial score (nSPS) is 11.1. The van der Waals surface area contributed by atoms with Crippen molar-refractivity contribution >= 4 is 56.0 Å². The van der Waals surface area contributed by atoms with Crippen molar-refractivity contribution in [1.82, 2.24) is 4.57 Å². The van der Waals surface area contributed by atoms with E-state index in [-0.39, 0.29) is 5.91 Å². The number of hydrogen-bond donors (Lipinski definition) is 0. The quantitative estimate of drug-likeness (QED) is 0.192. The number of nitrogens with zero attached hydrogens (tertiary/aromatic N) is 2. The van der Waals surface area contributed by atoms with Crippen LogP contribution in [0.1, 0.15) is 18.1 Å². The maximum absolute atomic E-state index is 12.8. The van der Waals surface area contributed by atoms with Crippen LogP contribution < -0.4 is 14.4 Å². The fraction of sp³-hybridized carbons (Fsp3) is 0.167. The van der Waals surface area contributed by atoms with E-state index in [1.165, 1.54) is 5.56 Å². The lowest BCUT2D eigenvalue weighted by Crippen LogP contribution is -2.28. The van der Waals surface area contributed by atoms with Crippen molar-refractivity contribution in [3.8, 4) is 11.5 Å². The average molecular weight is 590 g/mol. The monoisotopic (exact) mass is 590 g/mol. The summed E-state index contributed by atoms with van der Waals surface area (Å²) in [6.45, 7) is 2.66. The van der Waals surface area contributed by atoms with Gasteiger partial charge in [0.05, 0.1) is 37.4 Å². The van der Waals surface area contributed by atoms with Crippen LogP contribution in [-0.4, -0.2) is 24.7 Å². The molecule has 0 fully saturated rings. The number of carbonyl (C=O) groups excluding carboxylic acids is 1. The molecule has 0 spiro atoms. The first-order valence-electron chi connectivity index (χ1n) is 11.7. The van der Waals surface area contributed by atoms with Gasteiger partial charge in [0, 0.05) is 33.5 Å². The molecule has 182 valence electrons. The Bertz CT molecular complexity index is 1560. The molecular weight excluding hydrogens is 563 g/mol. The van der Waals surface area contributed by atoms with Gasteiger partial charge in [0.25, 0.3) is 0 Å². The van der Waals surface area contributed by atoms with E-state index in [1.807, 2.05) is 42.5 Å². The molecule has 1 amide bonds. The van der Waals surface area contributed by atoms with Crippen LogP contribution in [0.25, 0.3) is 21.8 Å². The van der Waals surface area contributed by atoms with Crippen LogP contribution in [0.3, 0.4) is 0 Å². The lowest BCUT2D eigenvalue weighted by Gasteiger charge is -2.24. The molecule has 5 rings (SSSR count). The van der Waals surface area contributed by atoms with E-state index in [0.29, 0.717) is 13.1 Å². The highest BCUT2D eigenvalue weighted by Gasteiger charge is 2.24. The molecule has 0 aliphatic heterocycles. The number of para-hydroxylation sites is 2. The molecule has 0 saturated heterocycles. The minimum Gasteiger partial charge on any atom is -0.496 e. The van der Waals surface area contributed by atoms with Gasteiger partial charge >= 0.3 is 0 Å². The van der Waals surface area contributed by atoms with Crippen LogP contribution in [0.15, 0.2) is 84.9 Å². The van der Waals surface area contributed by atoms with Crippen molar-refractivity contribution in [1.29, 1.82) is 0 Å². The molecule has 36 heavy (non-hydrogen) atoms. The third-order valence-electron chi connectivity index (χ3n) is 6.49. The number of anilines is 1. The Morgan fingerprint density at radius 3 is 2.31 bits per heavy atom. The Morgan fingerprint density at radius 1 is 0.917 bits per heavy atom. The summed E-state index contributed by atoms with van der Waals surface area (Å²) in [6, 6.07) is 28.6. The summed E-state index contributed by atoms with van der Waals surface area (Å²) in [4.78, 5) is 14.6. The molecule has 5 nitrogen and oxygen atoms in total. The first-order chi connectivity index (χ1) is 17.5. The molecule has 1 aromatic heterocycles. The standard InChI is InChI=1S/C30H27IN2O3/c1-20(34)32(26-16-10-8-14-24(26)31)19-22-17-27(35-2)29-28(30(22)36-3)23-13-7-9-15-25(23)33(29)18-21-11-5-4-6-12-21/h4-17H,18-19H2,1-3H3.